The quantitative estimate of drug-likeness (QED) is 0.0790. The van der Waals surface area contributed by atoms with Crippen molar-refractivity contribution in [3.63, 3.8) is 0 Å². The zero-order chi connectivity index (χ0) is 30.6. The van der Waals surface area contributed by atoms with Gasteiger partial charge in [-0.15, -0.1) is 0 Å². The van der Waals surface area contributed by atoms with Crippen LogP contribution in [0.2, 0.25) is 10.3 Å². The lowest BCUT2D eigenvalue weighted by atomic mass is 9.96. The summed E-state index contributed by atoms with van der Waals surface area (Å²) in [6.45, 7) is 11.6. The third-order valence-corrected chi connectivity index (χ3v) is 8.79. The molecule has 0 aliphatic heterocycles. The van der Waals surface area contributed by atoms with Gasteiger partial charge in [0.2, 0.25) is 0 Å². The number of pyridine rings is 3. The lowest BCUT2D eigenvalue weighted by Gasteiger charge is -2.20. The molecule has 0 unspecified atom stereocenters. The summed E-state index contributed by atoms with van der Waals surface area (Å²) >= 11 is 15.4. The van der Waals surface area contributed by atoms with Gasteiger partial charge in [-0.05, 0) is 104 Å². The van der Waals surface area contributed by atoms with Gasteiger partial charge < -0.3 is 0 Å². The molecule has 0 bridgehead atoms. The molecule has 3 aromatic rings. The molecule has 0 aliphatic rings. The Hall–Kier alpha value is -1.94. The van der Waals surface area contributed by atoms with E-state index in [0.717, 1.165) is 12.8 Å². The van der Waals surface area contributed by atoms with Crippen molar-refractivity contribution in [2.75, 3.05) is 0 Å². The Bertz CT molecular complexity index is 1450. The molecule has 0 atom stereocenters. The minimum absolute atomic E-state index is 0.0123. The minimum Gasteiger partial charge on any atom is -0.256 e. The van der Waals surface area contributed by atoms with Gasteiger partial charge in [-0.3, -0.25) is 4.98 Å². The number of nitrogens with zero attached hydrogens (tertiary/aromatic N) is 9. The Morgan fingerprint density at radius 1 is 0.875 bits per heavy atom. The second kappa shape index (κ2) is 17.1. The van der Waals surface area contributed by atoms with Gasteiger partial charge in [-0.1, -0.05) is 69.9 Å². The van der Waals surface area contributed by atoms with Crippen molar-refractivity contribution < 1.29 is 8.42 Å². The Morgan fingerprint density at radius 2 is 1.50 bits per heavy atom. The number of aromatic nitrogens is 3. The van der Waals surface area contributed by atoms with E-state index in [9.17, 15) is 8.42 Å². The van der Waals surface area contributed by atoms with Crippen molar-refractivity contribution in [3.8, 4) is 0 Å². The minimum atomic E-state index is -4.06. The number of halogens is 4. The van der Waals surface area contributed by atoms with E-state index in [1.807, 2.05) is 76.3 Å². The summed E-state index contributed by atoms with van der Waals surface area (Å²) < 4.78 is 29.4. The van der Waals surface area contributed by atoms with Gasteiger partial charge >= 0.3 is 0 Å². The average molecular weight is 830 g/mol. The SMILES string of the molecule is CC(C)c1cc(C(C)C)c(S(=O)(=O)N=[N+]=[N-])c(C(C)C)n1.Clc1ncccc1I.[N-]=[N+]=Nc1c(I)ccnc1Cl. The van der Waals surface area contributed by atoms with Crippen LogP contribution < -0.4 is 0 Å². The summed E-state index contributed by atoms with van der Waals surface area (Å²) in [6.07, 6.45) is 3.23. The van der Waals surface area contributed by atoms with Crippen molar-refractivity contribution in [3.05, 3.63) is 91.9 Å². The predicted octanol–water partition coefficient (Wildman–Crippen LogP) is 10.1. The second-order valence-electron chi connectivity index (χ2n) is 8.86. The van der Waals surface area contributed by atoms with Gasteiger partial charge in [0, 0.05) is 36.0 Å². The topological polar surface area (TPSA) is 170 Å². The number of azide groups is 2. The van der Waals surface area contributed by atoms with Crippen molar-refractivity contribution in [2.45, 2.75) is 64.2 Å². The van der Waals surface area contributed by atoms with E-state index in [1.165, 1.54) is 0 Å². The first-order chi connectivity index (χ1) is 18.7. The number of hydrogen-bond donors (Lipinski definition) is 0. The van der Waals surface area contributed by atoms with Gasteiger partial charge in [-0.2, -0.15) is 0 Å². The molecule has 0 fully saturated rings. The Labute approximate surface area is 271 Å². The van der Waals surface area contributed by atoms with E-state index in [1.54, 1.807) is 24.5 Å². The van der Waals surface area contributed by atoms with Gasteiger partial charge in [-0.25, -0.2) is 18.4 Å². The first-order valence-electron chi connectivity index (χ1n) is 11.6. The third-order valence-electron chi connectivity index (χ3n) is 4.90. The molecule has 214 valence electrons. The molecule has 0 spiro atoms. The fraction of sp³-hybridized carbons (Fsp3) is 0.375. The summed E-state index contributed by atoms with van der Waals surface area (Å²) in [5, 5.41) is 4.19. The molecule has 3 heterocycles. The Balaban J connectivity index is 0.000000347. The predicted molar refractivity (Wildman–Crippen MR) is 176 cm³/mol. The zero-order valence-electron chi connectivity index (χ0n) is 22.5. The van der Waals surface area contributed by atoms with E-state index < -0.39 is 10.0 Å². The first kappa shape index (κ1) is 36.1. The van der Waals surface area contributed by atoms with Crippen molar-refractivity contribution in [2.24, 2.45) is 9.63 Å². The summed E-state index contributed by atoms with van der Waals surface area (Å²) in [5.74, 6) is 0.0951. The van der Waals surface area contributed by atoms with Crippen molar-refractivity contribution >= 4 is 84.1 Å². The molecule has 0 aliphatic carbocycles. The summed E-state index contributed by atoms with van der Waals surface area (Å²) in [5.41, 5.74) is 19.0. The van der Waals surface area contributed by atoms with Crippen LogP contribution in [0.25, 0.3) is 20.9 Å². The summed E-state index contributed by atoms with van der Waals surface area (Å²) in [7, 11) is -4.06. The molecule has 3 rings (SSSR count). The first-order valence-corrected chi connectivity index (χ1v) is 16.0. The molecule has 16 heteroatoms. The highest BCUT2D eigenvalue weighted by molar-refractivity contribution is 14.1. The molecular formula is C24H27Cl2I2N9O2S. The monoisotopic (exact) mass is 829 g/mol. The lowest BCUT2D eigenvalue weighted by molar-refractivity contribution is 0.589. The molecule has 0 radical (unpaired) electrons. The maximum Gasteiger partial charge on any atom is 0.266 e. The van der Waals surface area contributed by atoms with Crippen LogP contribution in [-0.4, -0.2) is 23.4 Å². The molecule has 0 saturated carbocycles. The van der Waals surface area contributed by atoms with E-state index in [0.29, 0.717) is 22.1 Å². The van der Waals surface area contributed by atoms with Crippen LogP contribution in [0.15, 0.2) is 51.2 Å². The molecule has 0 saturated heterocycles. The van der Waals surface area contributed by atoms with E-state index in [2.05, 4.69) is 57.0 Å². The normalized spacial score (nSPS) is 10.6. The Morgan fingerprint density at radius 3 is 1.93 bits per heavy atom. The maximum absolute atomic E-state index is 12.3. The standard InChI is InChI=1S/C14H22N4O2S.C5H2ClIN4.C5H3ClIN/c1-8(2)11-7-12(9(3)4)16-13(10(5)6)14(11)21(19,20)18-17-15;6-5-4(10-11-8)3(7)1-2-9-5;6-5-4(7)2-1-3-8-5/h7-10H,1-6H3;1-2H;1-3H. The molecule has 0 N–H and O–H groups in total. The number of rotatable bonds is 6. The summed E-state index contributed by atoms with van der Waals surface area (Å²) in [6, 6.07) is 7.29. The van der Waals surface area contributed by atoms with Crippen molar-refractivity contribution in [1.82, 2.24) is 15.0 Å². The molecular weight excluding hydrogens is 803 g/mol. The van der Waals surface area contributed by atoms with Crippen LogP contribution in [-0.2, 0) is 10.0 Å². The second-order valence-corrected chi connectivity index (χ2v) is 13.4. The molecule has 11 nitrogen and oxygen atoms in total. The highest BCUT2D eigenvalue weighted by atomic mass is 127. The molecule has 0 aromatic carbocycles. The Kier molecular flexibility index (Phi) is 15.4. The van der Waals surface area contributed by atoms with E-state index in [-0.39, 0.29) is 27.8 Å². The third kappa shape index (κ3) is 10.8. The fourth-order valence-corrected chi connectivity index (χ4v) is 5.65. The number of hydrogen-bond acceptors (Lipinski definition) is 6. The van der Waals surface area contributed by atoms with Crippen LogP contribution in [0.3, 0.4) is 0 Å². The summed E-state index contributed by atoms with van der Waals surface area (Å²) in [4.78, 5) is 17.2. The number of sulfonamides is 1. The smallest absolute Gasteiger partial charge is 0.256 e. The molecule has 40 heavy (non-hydrogen) atoms. The van der Waals surface area contributed by atoms with Gasteiger partial charge in [0.05, 0.1) is 19.8 Å². The van der Waals surface area contributed by atoms with Crippen LogP contribution in [0.5, 0.6) is 0 Å². The van der Waals surface area contributed by atoms with Gasteiger partial charge in [0.15, 0.2) is 0 Å². The molecule has 3 aromatic heterocycles. The highest BCUT2D eigenvalue weighted by Crippen LogP contribution is 2.34. The lowest BCUT2D eigenvalue weighted by Crippen LogP contribution is -2.13. The van der Waals surface area contributed by atoms with Gasteiger partial charge in [0.25, 0.3) is 10.0 Å². The van der Waals surface area contributed by atoms with E-state index >= 15 is 0 Å². The highest BCUT2D eigenvalue weighted by Gasteiger charge is 2.27. The van der Waals surface area contributed by atoms with Crippen LogP contribution >= 0.6 is 68.4 Å². The van der Waals surface area contributed by atoms with Gasteiger partial charge in [0.1, 0.15) is 10.3 Å². The fourth-order valence-electron chi connectivity index (χ4n) is 2.99. The molecule has 0 amide bonds. The maximum atomic E-state index is 12.3. The van der Waals surface area contributed by atoms with E-state index in [4.69, 9.17) is 34.3 Å². The average Bonchev–Trinajstić information content (AvgIpc) is 2.88. The largest absolute Gasteiger partial charge is 0.266 e. The van der Waals surface area contributed by atoms with Crippen LogP contribution in [0, 0.1) is 7.14 Å². The zero-order valence-corrected chi connectivity index (χ0v) is 29.1. The van der Waals surface area contributed by atoms with Crippen molar-refractivity contribution in [1.29, 1.82) is 0 Å². The van der Waals surface area contributed by atoms with Crippen LogP contribution in [0.1, 0.15) is 76.2 Å². The van der Waals surface area contributed by atoms with Crippen LogP contribution in [0.4, 0.5) is 5.69 Å².